The average Bonchev–Trinajstić information content (AvgIpc) is 2.74. The molecule has 1 aliphatic rings. The second kappa shape index (κ2) is 10.1. The third-order valence-corrected chi connectivity index (χ3v) is 5.71. The van der Waals surface area contributed by atoms with Gasteiger partial charge in [0.25, 0.3) is 11.8 Å². The van der Waals surface area contributed by atoms with Crippen LogP contribution in [0.5, 0.6) is 5.88 Å². The molecule has 1 unspecified atom stereocenters. The molecule has 6 nitrogen and oxygen atoms in total. The molecule has 1 aliphatic heterocycles. The fourth-order valence-electron chi connectivity index (χ4n) is 3.62. The zero-order chi connectivity index (χ0) is 21.7. The first-order chi connectivity index (χ1) is 14.4. The lowest BCUT2D eigenvalue weighted by Crippen LogP contribution is -2.44. The average molecular weight is 450 g/mol. The number of carbonyl (C=O) groups is 2. The Morgan fingerprint density at radius 2 is 2.10 bits per heavy atom. The van der Waals surface area contributed by atoms with E-state index >= 15 is 0 Å². The zero-order valence-electron chi connectivity index (χ0n) is 17.1. The number of hydrogen-bond acceptors (Lipinski definition) is 4. The van der Waals surface area contributed by atoms with E-state index in [-0.39, 0.29) is 17.7 Å². The standard InChI is InChI=1S/C22H25Cl2N3O3/c1-3-30-21-19(14(2)8-9-25-21)22(29)27-10-4-5-15(13-27)12-26-20(28)17-11-16(23)6-7-18(17)24/h6-9,11,15H,3-5,10,12-13H2,1-2H3,(H,26,28). The van der Waals surface area contributed by atoms with Crippen molar-refractivity contribution >= 4 is 35.0 Å². The Hall–Kier alpha value is -2.31. The maximum Gasteiger partial charge on any atom is 0.259 e. The van der Waals surface area contributed by atoms with Crippen LogP contribution < -0.4 is 10.1 Å². The number of nitrogens with one attached hydrogen (secondary N) is 1. The summed E-state index contributed by atoms with van der Waals surface area (Å²) in [6.07, 6.45) is 3.44. The normalized spacial score (nSPS) is 16.3. The first-order valence-corrected chi connectivity index (χ1v) is 10.8. The van der Waals surface area contributed by atoms with E-state index in [9.17, 15) is 9.59 Å². The molecule has 2 aromatic rings. The molecule has 2 amide bonds. The Labute approximate surface area is 186 Å². The first-order valence-electron chi connectivity index (χ1n) is 10.0. The van der Waals surface area contributed by atoms with Gasteiger partial charge in [0, 0.05) is 30.9 Å². The third-order valence-electron chi connectivity index (χ3n) is 5.15. The number of hydrogen-bond donors (Lipinski definition) is 1. The number of amides is 2. The van der Waals surface area contributed by atoms with E-state index in [0.717, 1.165) is 18.4 Å². The molecule has 1 saturated heterocycles. The lowest BCUT2D eigenvalue weighted by Gasteiger charge is -2.33. The van der Waals surface area contributed by atoms with Crippen molar-refractivity contribution in [2.24, 2.45) is 5.92 Å². The van der Waals surface area contributed by atoms with Gasteiger partial charge in [-0.15, -0.1) is 0 Å². The van der Waals surface area contributed by atoms with E-state index in [2.05, 4.69) is 10.3 Å². The molecule has 1 fully saturated rings. The summed E-state index contributed by atoms with van der Waals surface area (Å²) in [6, 6.07) is 6.61. The molecule has 2 heterocycles. The van der Waals surface area contributed by atoms with Crippen molar-refractivity contribution in [3.05, 3.63) is 57.2 Å². The van der Waals surface area contributed by atoms with Crippen LogP contribution in [0.1, 0.15) is 46.0 Å². The fraction of sp³-hybridized carbons (Fsp3) is 0.409. The van der Waals surface area contributed by atoms with Gasteiger partial charge in [-0.3, -0.25) is 9.59 Å². The number of carbonyl (C=O) groups excluding carboxylic acids is 2. The molecular weight excluding hydrogens is 425 g/mol. The van der Waals surface area contributed by atoms with Crippen LogP contribution in [0.4, 0.5) is 0 Å². The monoisotopic (exact) mass is 449 g/mol. The molecule has 30 heavy (non-hydrogen) atoms. The van der Waals surface area contributed by atoms with E-state index in [4.69, 9.17) is 27.9 Å². The number of pyridine rings is 1. The van der Waals surface area contributed by atoms with Crippen molar-refractivity contribution in [1.29, 1.82) is 0 Å². The molecule has 0 bridgehead atoms. The molecule has 0 spiro atoms. The Morgan fingerprint density at radius 3 is 2.87 bits per heavy atom. The second-order valence-corrected chi connectivity index (χ2v) is 8.18. The molecule has 1 aromatic carbocycles. The van der Waals surface area contributed by atoms with E-state index in [1.807, 2.05) is 24.8 Å². The topological polar surface area (TPSA) is 71.5 Å². The van der Waals surface area contributed by atoms with Crippen LogP contribution in [0.3, 0.4) is 0 Å². The van der Waals surface area contributed by atoms with Gasteiger partial charge in [0.1, 0.15) is 5.56 Å². The van der Waals surface area contributed by atoms with Gasteiger partial charge in [-0.2, -0.15) is 0 Å². The molecule has 160 valence electrons. The van der Waals surface area contributed by atoms with Gasteiger partial charge in [0.15, 0.2) is 0 Å². The minimum atomic E-state index is -0.271. The number of piperidine rings is 1. The number of nitrogens with zero attached hydrogens (tertiary/aromatic N) is 2. The summed E-state index contributed by atoms with van der Waals surface area (Å²) in [6.45, 7) is 5.87. The van der Waals surface area contributed by atoms with E-state index < -0.39 is 0 Å². The molecule has 8 heteroatoms. The molecule has 1 N–H and O–H groups in total. The first kappa shape index (κ1) is 22.4. The smallest absolute Gasteiger partial charge is 0.259 e. The van der Waals surface area contributed by atoms with Gasteiger partial charge in [0.05, 0.1) is 17.2 Å². The summed E-state index contributed by atoms with van der Waals surface area (Å²) in [4.78, 5) is 31.7. The van der Waals surface area contributed by atoms with Gasteiger partial charge in [-0.1, -0.05) is 23.2 Å². The molecule has 0 aliphatic carbocycles. The Kier molecular flexibility index (Phi) is 7.56. The number of ether oxygens (including phenoxy) is 1. The van der Waals surface area contributed by atoms with Crippen molar-refractivity contribution in [3.63, 3.8) is 0 Å². The van der Waals surface area contributed by atoms with Crippen molar-refractivity contribution in [1.82, 2.24) is 15.2 Å². The van der Waals surface area contributed by atoms with Crippen LogP contribution in [-0.2, 0) is 0 Å². The highest BCUT2D eigenvalue weighted by Gasteiger charge is 2.28. The lowest BCUT2D eigenvalue weighted by atomic mass is 9.96. The number of rotatable bonds is 6. The van der Waals surface area contributed by atoms with Crippen LogP contribution in [0.2, 0.25) is 10.0 Å². The van der Waals surface area contributed by atoms with Crippen molar-refractivity contribution < 1.29 is 14.3 Å². The molecule has 0 saturated carbocycles. The van der Waals surface area contributed by atoms with E-state index in [1.54, 1.807) is 24.4 Å². The van der Waals surface area contributed by atoms with Crippen LogP contribution in [0.25, 0.3) is 0 Å². The summed E-state index contributed by atoms with van der Waals surface area (Å²) >= 11 is 12.1. The van der Waals surface area contributed by atoms with Crippen LogP contribution in [0, 0.1) is 12.8 Å². The van der Waals surface area contributed by atoms with Crippen LogP contribution >= 0.6 is 23.2 Å². The SMILES string of the molecule is CCOc1nccc(C)c1C(=O)N1CCCC(CNC(=O)c2cc(Cl)ccc2Cl)C1. The number of aromatic nitrogens is 1. The van der Waals surface area contributed by atoms with Crippen LogP contribution in [-0.4, -0.2) is 47.9 Å². The summed E-state index contributed by atoms with van der Waals surface area (Å²) < 4.78 is 5.57. The second-order valence-electron chi connectivity index (χ2n) is 7.33. The molecule has 1 atom stereocenters. The predicted octanol–water partition coefficient (Wildman–Crippen LogP) is 4.38. The van der Waals surface area contributed by atoms with E-state index in [1.165, 1.54) is 0 Å². The number of likely N-dealkylation sites (tertiary alicyclic amines) is 1. The summed E-state index contributed by atoms with van der Waals surface area (Å²) in [5.74, 6) is 0.163. The van der Waals surface area contributed by atoms with Crippen molar-refractivity contribution in [2.45, 2.75) is 26.7 Å². The zero-order valence-corrected chi connectivity index (χ0v) is 18.6. The quantitative estimate of drug-likeness (QED) is 0.709. The minimum absolute atomic E-state index is 0.0852. The Morgan fingerprint density at radius 1 is 1.30 bits per heavy atom. The van der Waals surface area contributed by atoms with Gasteiger partial charge in [-0.25, -0.2) is 4.98 Å². The lowest BCUT2D eigenvalue weighted by molar-refractivity contribution is 0.0665. The Bertz CT molecular complexity index is 936. The van der Waals surface area contributed by atoms with E-state index in [0.29, 0.717) is 53.3 Å². The molecule has 1 aromatic heterocycles. The highest BCUT2D eigenvalue weighted by molar-refractivity contribution is 6.35. The highest BCUT2D eigenvalue weighted by atomic mass is 35.5. The third kappa shape index (κ3) is 5.24. The largest absolute Gasteiger partial charge is 0.477 e. The molecular formula is C22H25Cl2N3O3. The summed E-state index contributed by atoms with van der Waals surface area (Å²) in [5, 5.41) is 3.73. The summed E-state index contributed by atoms with van der Waals surface area (Å²) in [7, 11) is 0. The maximum atomic E-state index is 13.2. The minimum Gasteiger partial charge on any atom is -0.477 e. The highest BCUT2D eigenvalue weighted by Crippen LogP contribution is 2.25. The number of benzene rings is 1. The maximum absolute atomic E-state index is 13.2. The van der Waals surface area contributed by atoms with Gasteiger partial charge in [0.2, 0.25) is 5.88 Å². The van der Waals surface area contributed by atoms with Gasteiger partial charge in [-0.05, 0) is 62.4 Å². The molecule has 0 radical (unpaired) electrons. The summed E-state index contributed by atoms with van der Waals surface area (Å²) in [5.41, 5.74) is 1.69. The number of halogens is 2. The van der Waals surface area contributed by atoms with Gasteiger partial charge < -0.3 is 15.0 Å². The Balaban J connectivity index is 1.65. The van der Waals surface area contributed by atoms with Crippen LogP contribution in [0.15, 0.2) is 30.5 Å². The van der Waals surface area contributed by atoms with Crippen molar-refractivity contribution in [3.8, 4) is 5.88 Å². The molecule has 3 rings (SSSR count). The number of aryl methyl sites for hydroxylation is 1. The van der Waals surface area contributed by atoms with Crippen molar-refractivity contribution in [2.75, 3.05) is 26.2 Å². The predicted molar refractivity (Wildman–Crippen MR) is 118 cm³/mol. The van der Waals surface area contributed by atoms with Gasteiger partial charge >= 0.3 is 0 Å². The fourth-order valence-corrected chi connectivity index (χ4v) is 3.99.